The van der Waals surface area contributed by atoms with E-state index in [-0.39, 0.29) is 11.8 Å². The summed E-state index contributed by atoms with van der Waals surface area (Å²) >= 11 is 0. The zero-order valence-corrected chi connectivity index (χ0v) is 18.0. The van der Waals surface area contributed by atoms with Gasteiger partial charge in [-0.15, -0.1) is 0 Å². The number of benzene rings is 3. The molecule has 1 aliphatic rings. The van der Waals surface area contributed by atoms with Crippen LogP contribution in [0.3, 0.4) is 0 Å². The van der Waals surface area contributed by atoms with Crippen molar-refractivity contribution < 1.29 is 14.3 Å². The largest absolute Gasteiger partial charge is 0.479 e. The Morgan fingerprint density at radius 1 is 1.06 bits per heavy atom. The van der Waals surface area contributed by atoms with E-state index in [9.17, 15) is 9.59 Å². The fourth-order valence-corrected chi connectivity index (χ4v) is 3.73. The van der Waals surface area contributed by atoms with E-state index in [0.29, 0.717) is 34.9 Å². The van der Waals surface area contributed by atoms with Crippen molar-refractivity contribution >= 4 is 23.2 Å². The third-order valence-corrected chi connectivity index (χ3v) is 5.41. The molecule has 4 aromatic rings. The summed E-state index contributed by atoms with van der Waals surface area (Å²) in [6.07, 6.45) is 1.21. The molecule has 1 aliphatic heterocycles. The SMILES string of the molecule is C[C@H]1Oc2ccc(NC(=O)c3cn(Cc4ccccc4)nc3-c3ccccc3)cc2NC1=O. The summed E-state index contributed by atoms with van der Waals surface area (Å²) in [7, 11) is 0. The highest BCUT2D eigenvalue weighted by Crippen LogP contribution is 2.32. The van der Waals surface area contributed by atoms with Gasteiger partial charge in [-0.2, -0.15) is 5.10 Å². The molecule has 0 unspecified atom stereocenters. The fraction of sp³-hybridized carbons (Fsp3) is 0.115. The molecule has 0 spiro atoms. The molecule has 0 fully saturated rings. The molecule has 3 aromatic carbocycles. The average molecular weight is 438 g/mol. The number of carbonyl (C=O) groups is 2. The lowest BCUT2D eigenvalue weighted by molar-refractivity contribution is -0.122. The van der Waals surface area contributed by atoms with Crippen LogP contribution < -0.4 is 15.4 Å². The lowest BCUT2D eigenvalue weighted by Crippen LogP contribution is -2.34. The first-order chi connectivity index (χ1) is 16.1. The molecule has 0 bridgehead atoms. The minimum Gasteiger partial charge on any atom is -0.479 e. The maximum atomic E-state index is 13.3. The minimum atomic E-state index is -0.554. The average Bonchev–Trinajstić information content (AvgIpc) is 3.25. The second-order valence-electron chi connectivity index (χ2n) is 7.85. The van der Waals surface area contributed by atoms with E-state index >= 15 is 0 Å². The number of fused-ring (bicyclic) bond motifs is 1. The Morgan fingerprint density at radius 2 is 1.79 bits per heavy atom. The van der Waals surface area contributed by atoms with Crippen molar-refractivity contribution in [2.45, 2.75) is 19.6 Å². The summed E-state index contributed by atoms with van der Waals surface area (Å²) in [5.74, 6) is 0.0600. The maximum Gasteiger partial charge on any atom is 0.265 e. The van der Waals surface area contributed by atoms with Gasteiger partial charge in [0.25, 0.3) is 11.8 Å². The predicted molar refractivity (Wildman–Crippen MR) is 126 cm³/mol. The number of rotatable bonds is 5. The van der Waals surface area contributed by atoms with Gasteiger partial charge in [-0.25, -0.2) is 0 Å². The molecule has 164 valence electrons. The normalized spacial score (nSPS) is 14.7. The monoisotopic (exact) mass is 438 g/mol. The Labute approximate surface area is 191 Å². The van der Waals surface area contributed by atoms with Gasteiger partial charge in [0, 0.05) is 17.4 Å². The van der Waals surface area contributed by atoms with Crippen molar-refractivity contribution in [3.05, 3.63) is 96.2 Å². The molecular formula is C26H22N4O3. The lowest BCUT2D eigenvalue weighted by atomic mass is 10.1. The number of hydrogen-bond acceptors (Lipinski definition) is 4. The number of carbonyl (C=O) groups excluding carboxylic acids is 2. The molecule has 0 aliphatic carbocycles. The first kappa shape index (κ1) is 20.5. The Morgan fingerprint density at radius 3 is 2.55 bits per heavy atom. The fourth-order valence-electron chi connectivity index (χ4n) is 3.73. The van der Waals surface area contributed by atoms with Gasteiger partial charge >= 0.3 is 0 Å². The molecule has 0 radical (unpaired) electrons. The first-order valence-electron chi connectivity index (χ1n) is 10.7. The summed E-state index contributed by atoms with van der Waals surface area (Å²) < 4.78 is 7.36. The summed E-state index contributed by atoms with van der Waals surface area (Å²) in [6, 6.07) is 24.7. The number of nitrogens with one attached hydrogen (secondary N) is 2. The van der Waals surface area contributed by atoms with Crippen LogP contribution in [0.5, 0.6) is 5.75 Å². The zero-order chi connectivity index (χ0) is 22.8. The summed E-state index contributed by atoms with van der Waals surface area (Å²) in [5.41, 5.74) is 4.09. The van der Waals surface area contributed by atoms with Crippen LogP contribution in [-0.4, -0.2) is 27.7 Å². The second-order valence-corrected chi connectivity index (χ2v) is 7.85. The molecule has 2 N–H and O–H groups in total. The standard InChI is InChI=1S/C26H22N4O3/c1-17-25(31)28-22-14-20(12-13-23(22)33-17)27-26(32)21-16-30(15-18-8-4-2-5-9-18)29-24(21)19-10-6-3-7-11-19/h2-14,16-17H,15H2,1H3,(H,27,32)(H,28,31)/t17-/m1/s1. The van der Waals surface area contributed by atoms with Gasteiger partial charge in [0.1, 0.15) is 11.4 Å². The van der Waals surface area contributed by atoms with E-state index in [4.69, 9.17) is 9.84 Å². The van der Waals surface area contributed by atoms with E-state index < -0.39 is 6.10 Å². The van der Waals surface area contributed by atoms with Crippen molar-refractivity contribution in [3.63, 3.8) is 0 Å². The molecular weight excluding hydrogens is 416 g/mol. The number of hydrogen-bond donors (Lipinski definition) is 2. The van der Waals surface area contributed by atoms with Crippen LogP contribution >= 0.6 is 0 Å². The van der Waals surface area contributed by atoms with Crippen molar-refractivity contribution in [1.29, 1.82) is 0 Å². The second kappa shape index (κ2) is 8.63. The van der Waals surface area contributed by atoms with Gasteiger partial charge in [0.2, 0.25) is 0 Å². The van der Waals surface area contributed by atoms with E-state index in [0.717, 1.165) is 11.1 Å². The minimum absolute atomic E-state index is 0.223. The highest BCUT2D eigenvalue weighted by molar-refractivity contribution is 6.08. The topological polar surface area (TPSA) is 85.2 Å². The molecule has 33 heavy (non-hydrogen) atoms. The van der Waals surface area contributed by atoms with Crippen LogP contribution in [0.4, 0.5) is 11.4 Å². The third kappa shape index (κ3) is 4.34. The van der Waals surface area contributed by atoms with Gasteiger partial charge in [-0.05, 0) is 30.7 Å². The molecule has 1 atom stereocenters. The third-order valence-electron chi connectivity index (χ3n) is 5.41. The van der Waals surface area contributed by atoms with Gasteiger partial charge in [0.05, 0.1) is 17.8 Å². The Hall–Kier alpha value is -4.39. The van der Waals surface area contributed by atoms with Gasteiger partial charge < -0.3 is 15.4 Å². The number of amides is 2. The number of aromatic nitrogens is 2. The molecule has 1 aromatic heterocycles. The van der Waals surface area contributed by atoms with Crippen molar-refractivity contribution in [1.82, 2.24) is 9.78 Å². The first-order valence-corrected chi connectivity index (χ1v) is 10.7. The van der Waals surface area contributed by atoms with Crippen LogP contribution in [0.25, 0.3) is 11.3 Å². The van der Waals surface area contributed by atoms with Crippen molar-refractivity contribution in [3.8, 4) is 17.0 Å². The van der Waals surface area contributed by atoms with E-state index in [1.54, 1.807) is 36.0 Å². The Kier molecular flexibility index (Phi) is 5.36. The van der Waals surface area contributed by atoms with Crippen LogP contribution in [0.1, 0.15) is 22.8 Å². The Balaban J connectivity index is 1.44. The number of ether oxygens (including phenoxy) is 1. The van der Waals surface area contributed by atoms with E-state index in [1.165, 1.54) is 0 Å². The van der Waals surface area contributed by atoms with Gasteiger partial charge in [0.15, 0.2) is 6.10 Å². The molecule has 0 saturated heterocycles. The highest BCUT2D eigenvalue weighted by Gasteiger charge is 2.24. The number of anilines is 2. The Bertz CT molecular complexity index is 1320. The maximum absolute atomic E-state index is 13.3. The van der Waals surface area contributed by atoms with E-state index in [1.807, 2.05) is 60.7 Å². The molecule has 0 saturated carbocycles. The van der Waals surface area contributed by atoms with Crippen LogP contribution in [0, 0.1) is 0 Å². The summed E-state index contributed by atoms with van der Waals surface area (Å²) in [4.78, 5) is 25.2. The highest BCUT2D eigenvalue weighted by atomic mass is 16.5. The molecule has 2 heterocycles. The predicted octanol–water partition coefficient (Wildman–Crippen LogP) is 4.57. The molecule has 7 nitrogen and oxygen atoms in total. The lowest BCUT2D eigenvalue weighted by Gasteiger charge is -2.23. The van der Waals surface area contributed by atoms with Crippen molar-refractivity contribution in [2.24, 2.45) is 0 Å². The molecule has 2 amide bonds. The molecule has 5 rings (SSSR count). The quantitative estimate of drug-likeness (QED) is 0.478. The molecule has 7 heteroatoms. The van der Waals surface area contributed by atoms with Crippen LogP contribution in [0.2, 0.25) is 0 Å². The van der Waals surface area contributed by atoms with Crippen LogP contribution in [-0.2, 0) is 11.3 Å². The smallest absolute Gasteiger partial charge is 0.265 e. The number of nitrogens with zero attached hydrogens (tertiary/aromatic N) is 2. The van der Waals surface area contributed by atoms with Crippen LogP contribution in [0.15, 0.2) is 85.1 Å². The van der Waals surface area contributed by atoms with Gasteiger partial charge in [-0.3, -0.25) is 14.3 Å². The summed E-state index contributed by atoms with van der Waals surface area (Å²) in [6.45, 7) is 2.24. The van der Waals surface area contributed by atoms with E-state index in [2.05, 4.69) is 10.6 Å². The van der Waals surface area contributed by atoms with Gasteiger partial charge in [-0.1, -0.05) is 60.7 Å². The van der Waals surface area contributed by atoms with Crippen molar-refractivity contribution in [2.75, 3.05) is 10.6 Å². The summed E-state index contributed by atoms with van der Waals surface area (Å²) in [5, 5.41) is 10.4. The zero-order valence-electron chi connectivity index (χ0n) is 18.0.